The van der Waals surface area contributed by atoms with E-state index in [1.54, 1.807) is 11.3 Å². The van der Waals surface area contributed by atoms with Gasteiger partial charge in [-0.05, 0) is 37.9 Å². The Hall–Kier alpha value is -0.870. The number of hydrogen-bond donors (Lipinski definition) is 1. The van der Waals surface area contributed by atoms with E-state index in [0.29, 0.717) is 13.1 Å². The molecule has 1 N–H and O–H groups in total. The Morgan fingerprint density at radius 3 is 2.87 bits per heavy atom. The zero-order chi connectivity index (χ0) is 11.3. The molecule has 0 atom stereocenters. The highest BCUT2D eigenvalue weighted by atomic mass is 32.1. The molecule has 84 valence electrons. The summed E-state index contributed by atoms with van der Waals surface area (Å²) in [5.41, 5.74) is 1.31. The third kappa shape index (κ3) is 4.01. The fraction of sp³-hybridized carbons (Fsp3) is 0.545. The van der Waals surface area contributed by atoms with Crippen LogP contribution in [-0.4, -0.2) is 30.9 Å². The van der Waals surface area contributed by atoms with Crippen molar-refractivity contribution in [3.63, 3.8) is 0 Å². The summed E-state index contributed by atoms with van der Waals surface area (Å²) in [4.78, 5) is 14.7. The fourth-order valence-corrected chi connectivity index (χ4v) is 2.35. The molecule has 1 heterocycles. The van der Waals surface area contributed by atoms with Crippen molar-refractivity contribution in [3.05, 3.63) is 21.9 Å². The van der Waals surface area contributed by atoms with Crippen LogP contribution < -0.4 is 5.32 Å². The molecule has 1 amide bonds. The molecule has 0 aliphatic carbocycles. The second-order valence-electron chi connectivity index (χ2n) is 3.65. The molecule has 0 spiro atoms. The van der Waals surface area contributed by atoms with E-state index < -0.39 is 0 Å². The zero-order valence-corrected chi connectivity index (χ0v) is 10.4. The lowest BCUT2D eigenvalue weighted by atomic mass is 10.3. The van der Waals surface area contributed by atoms with Gasteiger partial charge in [0.2, 0.25) is 5.91 Å². The maximum absolute atomic E-state index is 11.3. The van der Waals surface area contributed by atoms with Crippen molar-refractivity contribution in [3.8, 4) is 0 Å². The fourth-order valence-electron chi connectivity index (χ4n) is 1.37. The normalized spacial score (nSPS) is 10.7. The molecule has 1 rings (SSSR count). The Bertz CT molecular complexity index is 322. The van der Waals surface area contributed by atoms with Gasteiger partial charge in [0.25, 0.3) is 0 Å². The monoisotopic (exact) mass is 226 g/mol. The molecule has 0 aliphatic heterocycles. The SMILES string of the molecule is CCNC(=O)CN(C)Cc1sccc1C. The third-order valence-corrected chi connectivity index (χ3v) is 3.18. The Morgan fingerprint density at radius 1 is 1.60 bits per heavy atom. The number of likely N-dealkylation sites (N-methyl/N-ethyl adjacent to an activating group) is 2. The molecule has 4 heteroatoms. The molecule has 0 fully saturated rings. The summed E-state index contributed by atoms with van der Waals surface area (Å²) in [6.45, 7) is 6.05. The molecule has 1 aromatic heterocycles. The predicted molar refractivity (Wildman–Crippen MR) is 64.1 cm³/mol. The van der Waals surface area contributed by atoms with Crippen LogP contribution in [0.4, 0.5) is 0 Å². The number of hydrogen-bond acceptors (Lipinski definition) is 3. The highest BCUT2D eigenvalue weighted by molar-refractivity contribution is 7.10. The van der Waals surface area contributed by atoms with E-state index in [9.17, 15) is 4.79 Å². The molecule has 0 saturated heterocycles. The lowest BCUT2D eigenvalue weighted by Crippen LogP contribution is -2.34. The molecule has 0 aromatic carbocycles. The molecule has 3 nitrogen and oxygen atoms in total. The highest BCUT2D eigenvalue weighted by Crippen LogP contribution is 2.16. The van der Waals surface area contributed by atoms with Gasteiger partial charge in [0.1, 0.15) is 0 Å². The summed E-state index contributed by atoms with van der Waals surface area (Å²) in [6, 6.07) is 2.11. The molecule has 0 saturated carbocycles. The van der Waals surface area contributed by atoms with E-state index in [0.717, 1.165) is 6.54 Å². The van der Waals surface area contributed by atoms with Gasteiger partial charge < -0.3 is 5.32 Å². The lowest BCUT2D eigenvalue weighted by Gasteiger charge is -2.15. The highest BCUT2D eigenvalue weighted by Gasteiger charge is 2.08. The maximum Gasteiger partial charge on any atom is 0.234 e. The summed E-state index contributed by atoms with van der Waals surface area (Å²) in [6.07, 6.45) is 0. The predicted octanol–water partition coefficient (Wildman–Crippen LogP) is 1.62. The number of aryl methyl sites for hydroxylation is 1. The maximum atomic E-state index is 11.3. The minimum atomic E-state index is 0.0919. The molecule has 0 unspecified atom stereocenters. The van der Waals surface area contributed by atoms with Crippen LogP contribution in [0.1, 0.15) is 17.4 Å². The quantitative estimate of drug-likeness (QED) is 0.827. The summed E-state index contributed by atoms with van der Waals surface area (Å²) in [7, 11) is 1.97. The molecule has 1 aromatic rings. The van der Waals surface area contributed by atoms with E-state index in [1.165, 1.54) is 10.4 Å². The first-order valence-electron chi connectivity index (χ1n) is 5.11. The number of carbonyl (C=O) groups is 1. The van der Waals surface area contributed by atoms with Gasteiger partial charge in [-0.15, -0.1) is 11.3 Å². The van der Waals surface area contributed by atoms with Crippen molar-refractivity contribution in [2.45, 2.75) is 20.4 Å². The average Bonchev–Trinajstić information content (AvgIpc) is 2.52. The van der Waals surface area contributed by atoms with E-state index in [4.69, 9.17) is 0 Å². The van der Waals surface area contributed by atoms with Gasteiger partial charge in [0.15, 0.2) is 0 Å². The van der Waals surface area contributed by atoms with Gasteiger partial charge in [-0.1, -0.05) is 0 Å². The summed E-state index contributed by atoms with van der Waals surface area (Å²) < 4.78 is 0. The summed E-state index contributed by atoms with van der Waals surface area (Å²) in [5, 5.41) is 4.88. The van der Waals surface area contributed by atoms with Crippen molar-refractivity contribution in [1.29, 1.82) is 0 Å². The molecule has 0 radical (unpaired) electrons. The second-order valence-corrected chi connectivity index (χ2v) is 4.65. The summed E-state index contributed by atoms with van der Waals surface area (Å²) >= 11 is 1.74. The van der Waals surface area contributed by atoms with Gasteiger partial charge >= 0.3 is 0 Å². The van der Waals surface area contributed by atoms with E-state index in [-0.39, 0.29) is 5.91 Å². The van der Waals surface area contributed by atoms with Crippen molar-refractivity contribution in [2.24, 2.45) is 0 Å². The standard InChI is InChI=1S/C11H18N2OS/c1-4-12-11(14)8-13(3)7-10-9(2)5-6-15-10/h5-6H,4,7-8H2,1-3H3,(H,12,14). The largest absolute Gasteiger partial charge is 0.355 e. The van der Waals surface area contributed by atoms with Crippen LogP contribution in [0.5, 0.6) is 0 Å². The van der Waals surface area contributed by atoms with E-state index >= 15 is 0 Å². The first-order chi connectivity index (χ1) is 7.13. The number of rotatable bonds is 5. The van der Waals surface area contributed by atoms with Crippen LogP contribution in [0.25, 0.3) is 0 Å². The Labute approximate surface area is 95.1 Å². The first-order valence-corrected chi connectivity index (χ1v) is 5.99. The van der Waals surface area contributed by atoms with Gasteiger partial charge in [0.05, 0.1) is 6.54 Å². The van der Waals surface area contributed by atoms with Crippen LogP contribution in [0, 0.1) is 6.92 Å². The van der Waals surface area contributed by atoms with Gasteiger partial charge in [-0.2, -0.15) is 0 Å². The van der Waals surface area contributed by atoms with Crippen molar-refractivity contribution in [2.75, 3.05) is 20.1 Å². The van der Waals surface area contributed by atoms with Crippen LogP contribution >= 0.6 is 11.3 Å². The Kier molecular flexibility index (Phi) is 4.78. The average molecular weight is 226 g/mol. The number of carbonyl (C=O) groups excluding carboxylic acids is 1. The molecular weight excluding hydrogens is 208 g/mol. The lowest BCUT2D eigenvalue weighted by molar-refractivity contribution is -0.121. The van der Waals surface area contributed by atoms with Gasteiger partial charge in [-0.3, -0.25) is 9.69 Å². The van der Waals surface area contributed by atoms with Crippen molar-refractivity contribution in [1.82, 2.24) is 10.2 Å². The number of amides is 1. The Morgan fingerprint density at radius 2 is 2.33 bits per heavy atom. The van der Waals surface area contributed by atoms with E-state index in [2.05, 4.69) is 23.7 Å². The van der Waals surface area contributed by atoms with Crippen LogP contribution in [0.15, 0.2) is 11.4 Å². The second kappa shape index (κ2) is 5.88. The molecule has 0 bridgehead atoms. The Balaban J connectivity index is 2.39. The zero-order valence-electron chi connectivity index (χ0n) is 9.54. The van der Waals surface area contributed by atoms with Crippen LogP contribution in [0.2, 0.25) is 0 Å². The van der Waals surface area contributed by atoms with Gasteiger partial charge in [0, 0.05) is 18.0 Å². The minimum Gasteiger partial charge on any atom is -0.355 e. The van der Waals surface area contributed by atoms with E-state index in [1.807, 2.05) is 18.9 Å². The van der Waals surface area contributed by atoms with Crippen LogP contribution in [0.3, 0.4) is 0 Å². The third-order valence-electron chi connectivity index (χ3n) is 2.17. The number of thiophene rings is 1. The topological polar surface area (TPSA) is 32.3 Å². The van der Waals surface area contributed by atoms with Crippen molar-refractivity contribution >= 4 is 17.2 Å². The van der Waals surface area contributed by atoms with Gasteiger partial charge in [-0.25, -0.2) is 0 Å². The molecule has 0 aliphatic rings. The summed E-state index contributed by atoms with van der Waals surface area (Å²) in [5.74, 6) is 0.0919. The molecule has 15 heavy (non-hydrogen) atoms. The first kappa shape index (κ1) is 12.2. The van der Waals surface area contributed by atoms with Crippen molar-refractivity contribution < 1.29 is 4.79 Å². The smallest absolute Gasteiger partial charge is 0.234 e. The van der Waals surface area contributed by atoms with Crippen LogP contribution in [-0.2, 0) is 11.3 Å². The number of nitrogens with one attached hydrogen (secondary N) is 1. The minimum absolute atomic E-state index is 0.0919. The number of nitrogens with zero attached hydrogens (tertiary/aromatic N) is 1. The molecular formula is C11H18N2OS.